The van der Waals surface area contributed by atoms with E-state index >= 15 is 0 Å². The summed E-state index contributed by atoms with van der Waals surface area (Å²) in [6.45, 7) is 3.43. The van der Waals surface area contributed by atoms with Gasteiger partial charge in [0.2, 0.25) is 0 Å². The van der Waals surface area contributed by atoms with Crippen LogP contribution in [0.3, 0.4) is 0 Å². The molecule has 1 N–H and O–H groups in total. The molecule has 3 rings (SSSR count). The summed E-state index contributed by atoms with van der Waals surface area (Å²) in [5.41, 5.74) is 2.47. The van der Waals surface area contributed by atoms with Crippen molar-refractivity contribution in [1.82, 2.24) is 5.16 Å². The van der Waals surface area contributed by atoms with Gasteiger partial charge in [-0.15, -0.1) is 0 Å². The van der Waals surface area contributed by atoms with Crippen LogP contribution in [0.2, 0.25) is 0 Å². The Balaban J connectivity index is 1.97. The fourth-order valence-electron chi connectivity index (χ4n) is 2.47. The number of benzene rings is 2. The first-order valence-electron chi connectivity index (χ1n) is 7.55. The second kappa shape index (κ2) is 6.56. The van der Waals surface area contributed by atoms with Gasteiger partial charge in [0, 0.05) is 17.7 Å². The molecule has 0 aliphatic rings. The van der Waals surface area contributed by atoms with Crippen molar-refractivity contribution < 1.29 is 14.2 Å². The number of hydrogen-bond acceptors (Lipinski definition) is 5. The highest BCUT2D eigenvalue weighted by molar-refractivity contribution is 6.09. The van der Waals surface area contributed by atoms with Crippen LogP contribution in [0.15, 0.2) is 53.1 Å². The van der Waals surface area contributed by atoms with Gasteiger partial charge >= 0.3 is 0 Å². The SMILES string of the molecule is Cc1ccc([N+](=O)[O-])cc1NC(=O)c1c(C)noc1-c1ccccc1. The topological polar surface area (TPSA) is 98.3 Å². The third-order valence-corrected chi connectivity index (χ3v) is 3.81. The van der Waals surface area contributed by atoms with Crippen LogP contribution in [0.5, 0.6) is 0 Å². The molecule has 0 bridgehead atoms. The van der Waals surface area contributed by atoms with Crippen LogP contribution < -0.4 is 5.32 Å². The van der Waals surface area contributed by atoms with E-state index in [1.807, 2.05) is 30.3 Å². The number of nitro benzene ring substituents is 1. The zero-order chi connectivity index (χ0) is 18.0. The van der Waals surface area contributed by atoms with Gasteiger partial charge in [-0.3, -0.25) is 14.9 Å². The Morgan fingerprint density at radius 2 is 1.88 bits per heavy atom. The first-order chi connectivity index (χ1) is 12.0. The summed E-state index contributed by atoms with van der Waals surface area (Å²) in [6.07, 6.45) is 0. The van der Waals surface area contributed by atoms with Crippen molar-refractivity contribution in [2.24, 2.45) is 0 Å². The van der Waals surface area contributed by atoms with Crippen LogP contribution in [-0.4, -0.2) is 16.0 Å². The number of aryl methyl sites for hydroxylation is 2. The molecule has 0 fully saturated rings. The first kappa shape index (κ1) is 16.4. The number of anilines is 1. The maximum atomic E-state index is 12.7. The van der Waals surface area contributed by atoms with Gasteiger partial charge in [-0.05, 0) is 19.4 Å². The maximum absolute atomic E-state index is 12.7. The summed E-state index contributed by atoms with van der Waals surface area (Å²) in [5.74, 6) is -0.0696. The number of hydrogen-bond donors (Lipinski definition) is 1. The van der Waals surface area contributed by atoms with Gasteiger partial charge in [-0.1, -0.05) is 41.6 Å². The first-order valence-corrected chi connectivity index (χ1v) is 7.55. The Hall–Kier alpha value is -3.48. The Kier molecular flexibility index (Phi) is 4.30. The second-order valence-electron chi connectivity index (χ2n) is 5.55. The van der Waals surface area contributed by atoms with E-state index in [4.69, 9.17) is 4.52 Å². The molecule has 3 aromatic rings. The van der Waals surface area contributed by atoms with Crippen molar-refractivity contribution in [3.63, 3.8) is 0 Å². The lowest BCUT2D eigenvalue weighted by atomic mass is 10.1. The fraction of sp³-hybridized carbons (Fsp3) is 0.111. The number of carbonyl (C=O) groups excluding carboxylic acids is 1. The summed E-state index contributed by atoms with van der Waals surface area (Å²) in [5, 5.41) is 17.5. The number of amides is 1. The van der Waals surface area contributed by atoms with Crippen molar-refractivity contribution in [2.75, 3.05) is 5.32 Å². The lowest BCUT2D eigenvalue weighted by molar-refractivity contribution is -0.384. The molecule has 126 valence electrons. The lowest BCUT2D eigenvalue weighted by Crippen LogP contribution is -2.14. The van der Waals surface area contributed by atoms with Gasteiger partial charge in [0.25, 0.3) is 11.6 Å². The van der Waals surface area contributed by atoms with Crippen LogP contribution in [0.1, 0.15) is 21.6 Å². The smallest absolute Gasteiger partial charge is 0.271 e. The Morgan fingerprint density at radius 1 is 1.16 bits per heavy atom. The minimum absolute atomic E-state index is 0.0915. The summed E-state index contributed by atoms with van der Waals surface area (Å²) < 4.78 is 5.31. The molecule has 25 heavy (non-hydrogen) atoms. The molecular weight excluding hydrogens is 322 g/mol. The minimum atomic E-state index is -0.505. The van der Waals surface area contributed by atoms with Crippen molar-refractivity contribution in [2.45, 2.75) is 13.8 Å². The molecule has 0 spiro atoms. The monoisotopic (exact) mass is 337 g/mol. The highest BCUT2D eigenvalue weighted by Crippen LogP contribution is 2.28. The molecule has 0 aliphatic heterocycles. The van der Waals surface area contributed by atoms with Crippen LogP contribution in [0.4, 0.5) is 11.4 Å². The molecule has 0 atom stereocenters. The maximum Gasteiger partial charge on any atom is 0.271 e. The van der Waals surface area contributed by atoms with Gasteiger partial charge in [0.1, 0.15) is 5.56 Å². The largest absolute Gasteiger partial charge is 0.355 e. The number of nitrogens with one attached hydrogen (secondary N) is 1. The van der Waals surface area contributed by atoms with E-state index in [9.17, 15) is 14.9 Å². The van der Waals surface area contributed by atoms with Crippen LogP contribution >= 0.6 is 0 Å². The number of non-ortho nitro benzene ring substituents is 1. The quantitative estimate of drug-likeness (QED) is 0.570. The van der Waals surface area contributed by atoms with Crippen LogP contribution in [0.25, 0.3) is 11.3 Å². The van der Waals surface area contributed by atoms with E-state index < -0.39 is 10.8 Å². The third kappa shape index (κ3) is 3.25. The van der Waals surface area contributed by atoms with Crippen LogP contribution in [-0.2, 0) is 0 Å². The van der Waals surface area contributed by atoms with E-state index in [0.29, 0.717) is 28.3 Å². The number of nitro groups is 1. The van der Waals surface area contributed by atoms with E-state index in [1.54, 1.807) is 19.9 Å². The Morgan fingerprint density at radius 3 is 2.56 bits per heavy atom. The third-order valence-electron chi connectivity index (χ3n) is 3.81. The van der Waals surface area contributed by atoms with Gasteiger partial charge in [-0.25, -0.2) is 0 Å². The van der Waals surface area contributed by atoms with Crippen LogP contribution in [0, 0.1) is 24.0 Å². The minimum Gasteiger partial charge on any atom is -0.355 e. The average molecular weight is 337 g/mol. The number of nitrogens with zero attached hydrogens (tertiary/aromatic N) is 2. The van der Waals surface area contributed by atoms with E-state index in [0.717, 1.165) is 5.56 Å². The zero-order valence-corrected chi connectivity index (χ0v) is 13.6. The Labute approximate surface area is 143 Å². The van der Waals surface area contributed by atoms with Gasteiger partial charge in [0.15, 0.2) is 5.76 Å². The molecule has 0 saturated heterocycles. The normalized spacial score (nSPS) is 10.5. The second-order valence-corrected chi connectivity index (χ2v) is 5.55. The average Bonchev–Trinajstić information content (AvgIpc) is 2.99. The number of carbonyl (C=O) groups is 1. The van der Waals surface area contributed by atoms with E-state index in [-0.39, 0.29) is 5.69 Å². The fourth-order valence-corrected chi connectivity index (χ4v) is 2.47. The molecule has 0 unspecified atom stereocenters. The summed E-state index contributed by atoms with van der Waals surface area (Å²) in [4.78, 5) is 23.2. The highest BCUT2D eigenvalue weighted by atomic mass is 16.6. The van der Waals surface area contributed by atoms with E-state index in [1.165, 1.54) is 12.1 Å². The lowest BCUT2D eigenvalue weighted by Gasteiger charge is -2.08. The molecule has 0 saturated carbocycles. The van der Waals surface area contributed by atoms with Gasteiger partial charge < -0.3 is 9.84 Å². The molecule has 7 heteroatoms. The number of rotatable bonds is 4. The van der Waals surface area contributed by atoms with Gasteiger partial charge in [-0.2, -0.15) is 0 Å². The zero-order valence-electron chi connectivity index (χ0n) is 13.6. The predicted octanol–water partition coefficient (Wildman–Crippen LogP) is 4.12. The van der Waals surface area contributed by atoms with Crippen molar-refractivity contribution >= 4 is 17.3 Å². The Bertz CT molecular complexity index is 948. The molecule has 1 aromatic heterocycles. The summed E-state index contributed by atoms with van der Waals surface area (Å²) in [6, 6.07) is 13.5. The van der Waals surface area contributed by atoms with Crippen molar-refractivity contribution in [3.05, 3.63) is 75.5 Å². The number of aromatic nitrogens is 1. The van der Waals surface area contributed by atoms with Crippen molar-refractivity contribution in [1.29, 1.82) is 0 Å². The van der Waals surface area contributed by atoms with E-state index in [2.05, 4.69) is 10.5 Å². The molecule has 1 amide bonds. The molecule has 0 aliphatic carbocycles. The standard InChI is InChI=1S/C18H15N3O4/c1-11-8-9-14(21(23)24)10-15(11)19-18(22)16-12(2)20-25-17(16)13-6-4-3-5-7-13/h3-10H,1-2H3,(H,19,22). The van der Waals surface area contributed by atoms with Crippen molar-refractivity contribution in [3.8, 4) is 11.3 Å². The molecular formula is C18H15N3O4. The summed E-state index contributed by atoms with van der Waals surface area (Å²) in [7, 11) is 0. The molecule has 0 radical (unpaired) electrons. The predicted molar refractivity (Wildman–Crippen MR) is 92.5 cm³/mol. The molecule has 2 aromatic carbocycles. The molecule has 1 heterocycles. The molecule has 7 nitrogen and oxygen atoms in total. The summed E-state index contributed by atoms with van der Waals surface area (Å²) >= 11 is 0. The van der Waals surface area contributed by atoms with Gasteiger partial charge in [0.05, 0.1) is 16.3 Å². The highest BCUT2D eigenvalue weighted by Gasteiger charge is 2.22.